The largest absolute Gasteiger partial charge is 0.507 e. The summed E-state index contributed by atoms with van der Waals surface area (Å²) in [6.45, 7) is 7.81. The van der Waals surface area contributed by atoms with Crippen LogP contribution < -0.4 is 10.6 Å². The molecule has 4 N–H and O–H groups in total. The summed E-state index contributed by atoms with van der Waals surface area (Å²) < 4.78 is 10.2. The monoisotopic (exact) mass is 555 g/mol. The van der Waals surface area contributed by atoms with Gasteiger partial charge in [-0.05, 0) is 58.6 Å². The Morgan fingerprint density at radius 2 is 1.87 bits per heavy atom. The van der Waals surface area contributed by atoms with Gasteiger partial charge in [-0.15, -0.1) is 0 Å². The van der Waals surface area contributed by atoms with Crippen LogP contribution in [-0.4, -0.2) is 88.9 Å². The molecule has 0 saturated heterocycles. The van der Waals surface area contributed by atoms with Crippen LogP contribution >= 0.6 is 11.8 Å². The molecule has 0 saturated carbocycles. The number of benzene rings is 1. The zero-order valence-electron chi connectivity index (χ0n) is 23.0. The number of ether oxygens (including phenoxy) is 2. The second-order valence-corrected chi connectivity index (χ2v) is 10.5. The van der Waals surface area contributed by atoms with E-state index in [1.807, 2.05) is 6.26 Å². The third-order valence-corrected chi connectivity index (χ3v) is 5.92. The molecular weight excluding hydrogens is 514 g/mol. The van der Waals surface area contributed by atoms with Crippen LogP contribution in [0.25, 0.3) is 0 Å². The van der Waals surface area contributed by atoms with E-state index in [-0.39, 0.29) is 43.9 Å². The lowest BCUT2D eigenvalue weighted by Gasteiger charge is -2.34. The summed E-state index contributed by atoms with van der Waals surface area (Å²) >= 11 is 1.47. The van der Waals surface area contributed by atoms with E-state index in [4.69, 9.17) is 9.47 Å². The second kappa shape index (κ2) is 16.1. The third kappa shape index (κ3) is 10.8. The number of aliphatic hydroxyl groups is 1. The Kier molecular flexibility index (Phi) is 14.0. The van der Waals surface area contributed by atoms with Gasteiger partial charge in [-0.3, -0.25) is 14.4 Å². The molecule has 11 nitrogen and oxygen atoms in total. The van der Waals surface area contributed by atoms with Crippen molar-refractivity contribution in [1.29, 1.82) is 0 Å². The maximum absolute atomic E-state index is 13.8. The first-order valence-corrected chi connectivity index (χ1v) is 13.9. The predicted molar refractivity (Wildman–Crippen MR) is 145 cm³/mol. The van der Waals surface area contributed by atoms with Crippen LogP contribution in [-0.2, 0) is 23.9 Å². The highest BCUT2D eigenvalue weighted by Crippen LogP contribution is 2.32. The lowest BCUT2D eigenvalue weighted by atomic mass is 9.99. The number of aryl methyl sites for hydroxylation is 1. The zero-order chi connectivity index (χ0) is 28.9. The van der Waals surface area contributed by atoms with Gasteiger partial charge in [0, 0.05) is 18.7 Å². The van der Waals surface area contributed by atoms with Crippen LogP contribution in [0.1, 0.15) is 57.7 Å². The smallest absolute Gasteiger partial charge is 0.408 e. The number of nitrogens with one attached hydrogen (secondary N) is 2. The summed E-state index contributed by atoms with van der Waals surface area (Å²) in [6.07, 6.45) is 1.20. The molecule has 0 aliphatic rings. The zero-order valence-corrected chi connectivity index (χ0v) is 23.9. The van der Waals surface area contributed by atoms with Gasteiger partial charge in [0.25, 0.3) is 0 Å². The molecule has 0 spiro atoms. The Hall–Kier alpha value is -2.99. The van der Waals surface area contributed by atoms with Crippen molar-refractivity contribution in [3.8, 4) is 5.75 Å². The van der Waals surface area contributed by atoms with Crippen LogP contribution in [0.3, 0.4) is 0 Å². The predicted octanol–water partition coefficient (Wildman–Crippen LogP) is 2.28. The standard InChI is InChI=1S/C26H41N3O8S/c1-7-36-20(31)11-13-27-23(33)21(18-10-8-9-17(2)22(18)32)29(14-15-30)24(34)19(12-16-38-6)28-25(35)37-26(3,4)5/h8-10,19,21,30,32H,7,11-16H2,1-6H3,(H,27,33)(H,28,35). The van der Waals surface area contributed by atoms with Crippen molar-refractivity contribution in [1.82, 2.24) is 15.5 Å². The summed E-state index contributed by atoms with van der Waals surface area (Å²) in [4.78, 5) is 52.7. The summed E-state index contributed by atoms with van der Waals surface area (Å²) in [5, 5.41) is 25.8. The van der Waals surface area contributed by atoms with Gasteiger partial charge in [-0.2, -0.15) is 11.8 Å². The highest BCUT2D eigenvalue weighted by atomic mass is 32.2. The van der Waals surface area contributed by atoms with E-state index in [0.29, 0.717) is 11.3 Å². The number of thioether (sulfide) groups is 1. The number of hydrogen-bond donors (Lipinski definition) is 4. The van der Waals surface area contributed by atoms with E-state index >= 15 is 0 Å². The molecule has 214 valence electrons. The molecule has 0 aromatic heterocycles. The average molecular weight is 556 g/mol. The topological polar surface area (TPSA) is 154 Å². The fourth-order valence-electron chi connectivity index (χ4n) is 3.59. The minimum absolute atomic E-state index is 0.0615. The molecular formula is C26H41N3O8S. The van der Waals surface area contributed by atoms with Gasteiger partial charge >= 0.3 is 12.1 Å². The van der Waals surface area contributed by atoms with Crippen molar-refractivity contribution in [2.24, 2.45) is 0 Å². The number of carbonyl (C=O) groups excluding carboxylic acids is 4. The number of phenols is 1. The number of amides is 3. The highest BCUT2D eigenvalue weighted by molar-refractivity contribution is 7.98. The van der Waals surface area contributed by atoms with E-state index in [2.05, 4.69) is 10.6 Å². The van der Waals surface area contributed by atoms with Crippen molar-refractivity contribution < 1.29 is 38.9 Å². The summed E-state index contributed by atoms with van der Waals surface area (Å²) in [6, 6.07) is 2.38. The first kappa shape index (κ1) is 33.0. The molecule has 0 aliphatic heterocycles. The van der Waals surface area contributed by atoms with E-state index < -0.39 is 48.2 Å². The van der Waals surface area contributed by atoms with Crippen molar-refractivity contribution in [3.05, 3.63) is 29.3 Å². The van der Waals surface area contributed by atoms with Crippen molar-refractivity contribution in [2.75, 3.05) is 38.3 Å². The first-order chi connectivity index (χ1) is 17.9. The Balaban J connectivity index is 3.41. The van der Waals surface area contributed by atoms with Gasteiger partial charge in [-0.25, -0.2) is 4.79 Å². The maximum Gasteiger partial charge on any atom is 0.408 e. The van der Waals surface area contributed by atoms with Crippen LogP contribution in [0.15, 0.2) is 18.2 Å². The van der Waals surface area contributed by atoms with Gasteiger partial charge in [0.2, 0.25) is 11.8 Å². The fourth-order valence-corrected chi connectivity index (χ4v) is 4.06. The maximum atomic E-state index is 13.8. The van der Waals surface area contributed by atoms with Gasteiger partial charge in [0.1, 0.15) is 23.4 Å². The Morgan fingerprint density at radius 3 is 2.45 bits per heavy atom. The van der Waals surface area contributed by atoms with Crippen molar-refractivity contribution in [2.45, 2.75) is 65.1 Å². The SMILES string of the molecule is CCOC(=O)CCNC(=O)C(c1cccc(C)c1O)N(CCO)C(=O)C(CCSC)NC(=O)OC(C)(C)C. The van der Waals surface area contributed by atoms with Crippen molar-refractivity contribution in [3.63, 3.8) is 0 Å². The van der Waals surface area contributed by atoms with E-state index in [1.165, 1.54) is 17.8 Å². The Bertz CT molecular complexity index is 951. The fraction of sp³-hybridized carbons (Fsp3) is 0.615. The highest BCUT2D eigenvalue weighted by Gasteiger charge is 2.37. The lowest BCUT2D eigenvalue weighted by Crippen LogP contribution is -2.54. The molecule has 3 amide bonds. The molecule has 0 aliphatic carbocycles. The summed E-state index contributed by atoms with van der Waals surface area (Å²) in [7, 11) is 0. The number of aromatic hydroxyl groups is 1. The van der Waals surface area contributed by atoms with Gasteiger partial charge < -0.3 is 35.2 Å². The molecule has 0 radical (unpaired) electrons. The van der Waals surface area contributed by atoms with Crippen LogP contribution in [0.2, 0.25) is 0 Å². The first-order valence-electron chi connectivity index (χ1n) is 12.5. The molecule has 1 aromatic carbocycles. The number of carbonyl (C=O) groups is 4. The van der Waals surface area contributed by atoms with Crippen molar-refractivity contribution >= 4 is 35.6 Å². The molecule has 0 bridgehead atoms. The van der Waals surface area contributed by atoms with Gasteiger partial charge in [0.15, 0.2) is 0 Å². The molecule has 12 heteroatoms. The number of hydrogen-bond acceptors (Lipinski definition) is 9. The number of alkyl carbamates (subject to hydrolysis) is 1. The normalized spacial score (nSPS) is 12.7. The minimum Gasteiger partial charge on any atom is -0.507 e. The van der Waals surface area contributed by atoms with Gasteiger partial charge in [-0.1, -0.05) is 18.2 Å². The molecule has 2 unspecified atom stereocenters. The number of nitrogens with zero attached hydrogens (tertiary/aromatic N) is 1. The van der Waals surface area contributed by atoms with Crippen LogP contribution in [0.5, 0.6) is 5.75 Å². The molecule has 0 fully saturated rings. The molecule has 2 atom stereocenters. The summed E-state index contributed by atoms with van der Waals surface area (Å²) in [5.41, 5.74) is -0.174. The number of esters is 1. The molecule has 0 heterocycles. The number of rotatable bonds is 14. The van der Waals surface area contributed by atoms with Crippen LogP contribution in [0, 0.1) is 6.92 Å². The Morgan fingerprint density at radius 1 is 1.18 bits per heavy atom. The van der Waals surface area contributed by atoms with E-state index in [9.17, 15) is 29.4 Å². The third-order valence-electron chi connectivity index (χ3n) is 5.28. The summed E-state index contributed by atoms with van der Waals surface area (Å²) in [5.74, 6) is -1.46. The minimum atomic E-state index is -1.35. The quantitative estimate of drug-likeness (QED) is 0.253. The molecule has 1 rings (SSSR count). The lowest BCUT2D eigenvalue weighted by molar-refractivity contribution is -0.144. The average Bonchev–Trinajstić information content (AvgIpc) is 2.82. The number of phenolic OH excluding ortho intramolecular Hbond substituents is 1. The van der Waals surface area contributed by atoms with Gasteiger partial charge in [0.05, 0.1) is 19.6 Å². The Labute approximate surface area is 228 Å². The van der Waals surface area contributed by atoms with Crippen LogP contribution in [0.4, 0.5) is 4.79 Å². The van der Waals surface area contributed by atoms with E-state index in [0.717, 1.165) is 4.90 Å². The van der Waals surface area contributed by atoms with E-state index in [1.54, 1.807) is 46.8 Å². The molecule has 1 aromatic rings. The number of aliphatic hydroxyl groups excluding tert-OH is 1. The second-order valence-electron chi connectivity index (χ2n) is 9.50. The molecule has 38 heavy (non-hydrogen) atoms. The number of para-hydroxylation sites is 1.